The minimum Gasteiger partial charge on any atom is -0.361 e. The van der Waals surface area contributed by atoms with Crippen LogP contribution in [0.15, 0.2) is 54.9 Å². The van der Waals surface area contributed by atoms with Gasteiger partial charge in [0, 0.05) is 47.8 Å². The van der Waals surface area contributed by atoms with E-state index >= 15 is 0 Å². The van der Waals surface area contributed by atoms with Gasteiger partial charge in [-0.05, 0) is 37.1 Å². The van der Waals surface area contributed by atoms with Crippen LogP contribution in [0.2, 0.25) is 24.7 Å². The third-order valence-electron chi connectivity index (χ3n) is 6.90. The van der Waals surface area contributed by atoms with E-state index in [4.69, 9.17) is 11.6 Å². The molecule has 0 N–H and O–H groups in total. The number of hydrogen-bond donors (Lipinski definition) is 0. The van der Waals surface area contributed by atoms with Gasteiger partial charge in [-0.15, -0.1) is 5.54 Å². The normalized spacial score (nSPS) is 17.3. The highest BCUT2D eigenvalue weighted by Gasteiger charge is 2.37. The molecule has 2 heterocycles. The van der Waals surface area contributed by atoms with Gasteiger partial charge in [0.2, 0.25) is 0 Å². The second-order valence-electron chi connectivity index (χ2n) is 11.2. The van der Waals surface area contributed by atoms with Gasteiger partial charge in [-0.25, -0.2) is 8.78 Å². The van der Waals surface area contributed by atoms with Gasteiger partial charge in [-0.1, -0.05) is 61.9 Å². The van der Waals surface area contributed by atoms with Crippen molar-refractivity contribution in [2.24, 2.45) is 0 Å². The number of aryl methyl sites for hydroxylation is 1. The average Bonchev–Trinajstić information content (AvgIpc) is 3.43. The SMILES string of the molecule is C=C(Cn1cc(C(C)=O)c2ccc(C#C[Si](C)(C)C)cc21)N1C[C@H](F)C[C@H]1C(=O)CCc1cccc(Cl)c1F. The van der Waals surface area contributed by atoms with Gasteiger partial charge in [0.1, 0.15) is 20.1 Å². The zero-order valence-electron chi connectivity index (χ0n) is 22.8. The zero-order chi connectivity index (χ0) is 28.5. The summed E-state index contributed by atoms with van der Waals surface area (Å²) in [6, 6.07) is 9.83. The standard InChI is InChI=1S/C31H33ClF2N2O2Si/c1-20(36-18-24(33)16-29(36)30(38)12-10-23-7-6-8-27(32)31(23)34)17-35-19-26(21(2)37)25-11-9-22(15-28(25)35)13-14-39(3,4)5/h6-9,11,15,19,24,29H,1,10,12,16-18H2,2-5H3/t24-,29+/m1/s1. The molecule has 1 saturated heterocycles. The summed E-state index contributed by atoms with van der Waals surface area (Å²) in [5.41, 5.74) is 6.58. The van der Waals surface area contributed by atoms with Gasteiger partial charge in [-0.2, -0.15) is 0 Å². The summed E-state index contributed by atoms with van der Waals surface area (Å²) in [6.45, 7) is 12.6. The van der Waals surface area contributed by atoms with E-state index in [0.717, 1.165) is 16.5 Å². The smallest absolute Gasteiger partial charge is 0.161 e. The highest BCUT2D eigenvalue weighted by atomic mass is 35.5. The fourth-order valence-corrected chi connectivity index (χ4v) is 5.65. The highest BCUT2D eigenvalue weighted by molar-refractivity contribution is 6.83. The molecule has 2 atom stereocenters. The maximum atomic E-state index is 14.6. The first kappa shape index (κ1) is 28.8. The van der Waals surface area contributed by atoms with Crippen LogP contribution in [0.25, 0.3) is 10.9 Å². The molecule has 4 nitrogen and oxygen atoms in total. The zero-order valence-corrected chi connectivity index (χ0v) is 24.5. The molecular formula is C31H33ClF2N2O2Si. The number of halogens is 3. The van der Waals surface area contributed by atoms with Gasteiger partial charge < -0.3 is 9.47 Å². The lowest BCUT2D eigenvalue weighted by molar-refractivity contribution is -0.122. The number of Topliss-reactive ketones (excluding diaryl/α,β-unsaturated/α-hetero) is 2. The summed E-state index contributed by atoms with van der Waals surface area (Å²) in [4.78, 5) is 27.3. The maximum absolute atomic E-state index is 14.6. The number of ketones is 2. The molecule has 8 heteroatoms. The summed E-state index contributed by atoms with van der Waals surface area (Å²) < 4.78 is 30.8. The molecule has 2 aromatic carbocycles. The van der Waals surface area contributed by atoms with Gasteiger partial charge in [0.05, 0.1) is 23.1 Å². The topological polar surface area (TPSA) is 42.3 Å². The number of rotatable bonds is 8. The van der Waals surface area contributed by atoms with Crippen molar-refractivity contribution in [3.63, 3.8) is 0 Å². The van der Waals surface area contributed by atoms with Crippen molar-refractivity contribution in [3.05, 3.63) is 82.4 Å². The van der Waals surface area contributed by atoms with Crippen LogP contribution in [0.4, 0.5) is 8.78 Å². The van der Waals surface area contributed by atoms with Crippen LogP contribution in [0, 0.1) is 17.3 Å². The van der Waals surface area contributed by atoms with Gasteiger partial charge in [0.15, 0.2) is 11.6 Å². The Kier molecular flexibility index (Phi) is 8.48. The number of hydrogen-bond acceptors (Lipinski definition) is 3. The Morgan fingerprint density at radius 2 is 1.95 bits per heavy atom. The van der Waals surface area contributed by atoms with E-state index in [1.807, 2.05) is 22.8 Å². The molecule has 1 aliphatic heterocycles. The van der Waals surface area contributed by atoms with Crippen LogP contribution in [-0.2, 0) is 17.8 Å². The van der Waals surface area contributed by atoms with Crippen LogP contribution >= 0.6 is 11.6 Å². The van der Waals surface area contributed by atoms with E-state index in [2.05, 4.69) is 37.7 Å². The van der Waals surface area contributed by atoms with Crippen LogP contribution < -0.4 is 0 Å². The minimum absolute atomic E-state index is 0.0122. The monoisotopic (exact) mass is 566 g/mol. The largest absolute Gasteiger partial charge is 0.361 e. The van der Waals surface area contributed by atoms with Crippen molar-refractivity contribution < 1.29 is 18.4 Å². The lowest BCUT2D eigenvalue weighted by atomic mass is 10.0. The Morgan fingerprint density at radius 1 is 1.21 bits per heavy atom. The molecule has 0 saturated carbocycles. The number of carbonyl (C=O) groups is 2. The third kappa shape index (κ3) is 6.69. The molecule has 3 aromatic rings. The Balaban J connectivity index is 1.57. The average molecular weight is 567 g/mol. The molecule has 0 bridgehead atoms. The fraction of sp³-hybridized carbons (Fsp3) is 0.355. The summed E-state index contributed by atoms with van der Waals surface area (Å²) in [5, 5.41) is 0.827. The molecule has 39 heavy (non-hydrogen) atoms. The number of aromatic nitrogens is 1. The van der Waals surface area contributed by atoms with Crippen molar-refractivity contribution in [1.29, 1.82) is 0 Å². The summed E-state index contributed by atoms with van der Waals surface area (Å²) in [6.07, 6.45) is 0.937. The van der Waals surface area contributed by atoms with Crippen molar-refractivity contribution in [3.8, 4) is 11.5 Å². The molecule has 0 amide bonds. The van der Waals surface area contributed by atoms with Crippen molar-refractivity contribution in [2.75, 3.05) is 6.54 Å². The predicted molar refractivity (Wildman–Crippen MR) is 156 cm³/mol. The number of allylic oxidation sites excluding steroid dienone is 1. The van der Waals surface area contributed by atoms with Crippen LogP contribution in [0.3, 0.4) is 0 Å². The van der Waals surface area contributed by atoms with Gasteiger partial charge in [-0.3, -0.25) is 9.59 Å². The maximum Gasteiger partial charge on any atom is 0.161 e. The summed E-state index contributed by atoms with van der Waals surface area (Å²) in [5.74, 6) is 2.51. The minimum atomic E-state index is -1.58. The molecule has 1 aromatic heterocycles. The Morgan fingerprint density at radius 3 is 2.64 bits per heavy atom. The first-order valence-corrected chi connectivity index (χ1v) is 16.9. The van der Waals surface area contributed by atoms with Crippen molar-refractivity contribution >= 4 is 42.1 Å². The summed E-state index contributed by atoms with van der Waals surface area (Å²) in [7, 11) is -1.58. The molecule has 1 fully saturated rings. The first-order chi connectivity index (χ1) is 18.3. The molecule has 1 aliphatic rings. The molecule has 0 spiro atoms. The number of fused-ring (bicyclic) bond motifs is 1. The van der Waals surface area contributed by atoms with E-state index < -0.39 is 26.1 Å². The van der Waals surface area contributed by atoms with E-state index in [0.29, 0.717) is 16.8 Å². The Labute approximate surface area is 234 Å². The van der Waals surface area contributed by atoms with Gasteiger partial charge in [0.25, 0.3) is 0 Å². The lowest BCUT2D eigenvalue weighted by Crippen LogP contribution is -2.36. The van der Waals surface area contributed by atoms with Crippen molar-refractivity contribution in [2.45, 2.75) is 64.6 Å². The molecule has 4 rings (SSSR count). The predicted octanol–water partition coefficient (Wildman–Crippen LogP) is 6.99. The van der Waals surface area contributed by atoms with Crippen molar-refractivity contribution in [1.82, 2.24) is 9.47 Å². The third-order valence-corrected chi connectivity index (χ3v) is 8.06. The number of nitrogens with zero attached hydrogens (tertiary/aromatic N) is 2. The second kappa shape index (κ2) is 11.5. The quantitative estimate of drug-likeness (QED) is 0.168. The van der Waals surface area contributed by atoms with E-state index in [1.54, 1.807) is 23.2 Å². The van der Waals surface area contributed by atoms with Crippen LogP contribution in [0.1, 0.15) is 41.3 Å². The molecule has 0 unspecified atom stereocenters. The lowest BCUT2D eigenvalue weighted by Gasteiger charge is -2.28. The number of benzene rings is 2. The second-order valence-corrected chi connectivity index (χ2v) is 16.4. The Hall–Kier alpha value is -3.21. The van der Waals surface area contributed by atoms with E-state index in [-0.39, 0.29) is 48.9 Å². The fourth-order valence-electron chi connectivity index (χ4n) is 4.93. The number of carbonyl (C=O) groups excluding carboxylic acids is 2. The molecule has 0 aliphatic carbocycles. The van der Waals surface area contributed by atoms with Crippen LogP contribution in [0.5, 0.6) is 0 Å². The molecule has 0 radical (unpaired) electrons. The highest BCUT2D eigenvalue weighted by Crippen LogP contribution is 2.30. The number of likely N-dealkylation sites (tertiary alicyclic amines) is 1. The van der Waals surface area contributed by atoms with E-state index in [9.17, 15) is 18.4 Å². The van der Waals surface area contributed by atoms with Crippen LogP contribution in [-0.4, -0.2) is 47.9 Å². The molecule has 204 valence electrons. The number of alkyl halides is 1. The summed E-state index contributed by atoms with van der Waals surface area (Å²) >= 11 is 5.87. The van der Waals surface area contributed by atoms with E-state index in [1.165, 1.54) is 13.0 Å². The first-order valence-electron chi connectivity index (χ1n) is 13.0. The van der Waals surface area contributed by atoms with Gasteiger partial charge >= 0.3 is 0 Å². The Bertz CT molecular complexity index is 1510. The molecular weight excluding hydrogens is 534 g/mol.